The van der Waals surface area contributed by atoms with E-state index in [9.17, 15) is 8.42 Å². The van der Waals surface area contributed by atoms with Crippen molar-refractivity contribution in [2.45, 2.75) is 23.1 Å². The zero-order valence-electron chi connectivity index (χ0n) is 10.1. The Morgan fingerprint density at radius 2 is 2.06 bits per heavy atom. The Morgan fingerprint density at radius 3 is 2.56 bits per heavy atom. The number of aliphatic hydroxyl groups is 1. The number of aliphatic hydroxyl groups excluding tert-OH is 1. The third kappa shape index (κ3) is 3.96. The molecule has 1 rings (SSSR count). The molecule has 1 aromatic rings. The maximum Gasteiger partial charge on any atom is 0.241 e. The van der Waals surface area contributed by atoms with Gasteiger partial charge < -0.3 is 5.11 Å². The molecule has 0 spiro atoms. The van der Waals surface area contributed by atoms with Crippen LogP contribution in [0.4, 0.5) is 0 Å². The van der Waals surface area contributed by atoms with E-state index in [1.807, 2.05) is 6.26 Å². The molecule has 4 nitrogen and oxygen atoms in total. The van der Waals surface area contributed by atoms with Gasteiger partial charge in [-0.1, -0.05) is 12.1 Å². The van der Waals surface area contributed by atoms with E-state index < -0.39 is 10.0 Å². The van der Waals surface area contributed by atoms with E-state index >= 15 is 0 Å². The summed E-state index contributed by atoms with van der Waals surface area (Å²) in [7, 11) is -3.58. The molecule has 0 aromatic heterocycles. The Kier molecular flexibility index (Phi) is 6.13. The summed E-state index contributed by atoms with van der Waals surface area (Å²) in [5, 5.41) is 8.99. The minimum Gasteiger partial charge on any atom is -0.395 e. The number of benzene rings is 1. The first kappa shape index (κ1) is 16.0. The van der Waals surface area contributed by atoms with Crippen molar-refractivity contribution in [3.63, 3.8) is 0 Å². The fourth-order valence-electron chi connectivity index (χ4n) is 1.48. The smallest absolute Gasteiger partial charge is 0.241 e. The van der Waals surface area contributed by atoms with Crippen LogP contribution in [0.25, 0.3) is 0 Å². The van der Waals surface area contributed by atoms with Crippen LogP contribution in [0.2, 0.25) is 0 Å². The van der Waals surface area contributed by atoms with E-state index in [2.05, 4.69) is 20.7 Å². The van der Waals surface area contributed by atoms with Crippen molar-refractivity contribution in [3.8, 4) is 0 Å². The van der Waals surface area contributed by atoms with Gasteiger partial charge in [-0.3, -0.25) is 0 Å². The lowest BCUT2D eigenvalue weighted by molar-refractivity contribution is 0.282. The van der Waals surface area contributed by atoms with Crippen molar-refractivity contribution in [1.29, 1.82) is 0 Å². The molecule has 0 bridgehead atoms. The molecule has 7 heteroatoms. The third-order valence-corrected chi connectivity index (χ3v) is 6.24. The molecule has 18 heavy (non-hydrogen) atoms. The first-order valence-electron chi connectivity index (χ1n) is 5.33. The quantitative estimate of drug-likeness (QED) is 0.818. The van der Waals surface area contributed by atoms with E-state index in [1.54, 1.807) is 25.1 Å². The normalized spacial score (nSPS) is 15.3. The van der Waals surface area contributed by atoms with Gasteiger partial charge in [0.15, 0.2) is 0 Å². The van der Waals surface area contributed by atoms with Crippen LogP contribution in [0.1, 0.15) is 6.92 Å². The summed E-state index contributed by atoms with van der Waals surface area (Å²) in [5.74, 6) is 0. The van der Waals surface area contributed by atoms with Crippen LogP contribution in [-0.2, 0) is 10.0 Å². The summed E-state index contributed by atoms with van der Waals surface area (Å²) in [6.07, 6.45) is 1.84. The van der Waals surface area contributed by atoms with Crippen molar-refractivity contribution in [2.24, 2.45) is 0 Å². The Hall–Kier alpha value is -0.0800. The first-order chi connectivity index (χ1) is 8.42. The molecule has 1 aromatic carbocycles. The van der Waals surface area contributed by atoms with Crippen LogP contribution in [0, 0.1) is 0 Å². The van der Waals surface area contributed by atoms with Crippen molar-refractivity contribution in [3.05, 3.63) is 28.7 Å². The largest absolute Gasteiger partial charge is 0.395 e. The molecule has 102 valence electrons. The predicted octanol–water partition coefficient (Wildman–Crippen LogP) is 1.84. The molecular weight excluding hydrogens is 338 g/mol. The summed E-state index contributed by atoms with van der Waals surface area (Å²) in [4.78, 5) is 0.203. The van der Waals surface area contributed by atoms with Gasteiger partial charge >= 0.3 is 0 Å². The fraction of sp³-hybridized carbons (Fsp3) is 0.455. The molecule has 2 N–H and O–H groups in total. The molecule has 0 aliphatic heterocycles. The number of hydrogen-bond donors (Lipinski definition) is 2. The second-order valence-corrected chi connectivity index (χ2v) is 7.41. The van der Waals surface area contributed by atoms with E-state index in [0.717, 1.165) is 0 Å². The average molecular weight is 354 g/mol. The number of thioether (sulfide) groups is 1. The van der Waals surface area contributed by atoms with Gasteiger partial charge in [-0.15, -0.1) is 0 Å². The van der Waals surface area contributed by atoms with Crippen LogP contribution < -0.4 is 4.72 Å². The van der Waals surface area contributed by atoms with Gasteiger partial charge in [-0.25, -0.2) is 13.1 Å². The SMILES string of the molecule is CSC(CO)C(C)NS(=O)(=O)c1ccccc1Br. The van der Waals surface area contributed by atoms with Crippen LogP contribution in [0.5, 0.6) is 0 Å². The highest BCUT2D eigenvalue weighted by Crippen LogP contribution is 2.22. The Balaban J connectivity index is 2.93. The molecule has 0 amide bonds. The monoisotopic (exact) mass is 353 g/mol. The van der Waals surface area contributed by atoms with Crippen LogP contribution in [0.15, 0.2) is 33.6 Å². The lowest BCUT2D eigenvalue weighted by Gasteiger charge is -2.21. The molecule has 0 aliphatic carbocycles. The summed E-state index contributed by atoms with van der Waals surface area (Å²) in [5.41, 5.74) is 0. The van der Waals surface area contributed by atoms with Crippen LogP contribution >= 0.6 is 27.7 Å². The minimum absolute atomic E-state index is 0.0686. The summed E-state index contributed by atoms with van der Waals surface area (Å²) < 4.78 is 27.4. The molecule has 0 saturated carbocycles. The van der Waals surface area contributed by atoms with E-state index in [0.29, 0.717) is 4.47 Å². The van der Waals surface area contributed by atoms with Gasteiger partial charge in [0.1, 0.15) is 0 Å². The third-order valence-electron chi connectivity index (χ3n) is 2.51. The van der Waals surface area contributed by atoms with E-state index in [1.165, 1.54) is 17.8 Å². The molecule has 0 fully saturated rings. The van der Waals surface area contributed by atoms with E-state index in [4.69, 9.17) is 5.11 Å². The van der Waals surface area contributed by atoms with Crippen LogP contribution in [-0.4, -0.2) is 37.7 Å². The minimum atomic E-state index is -3.58. The zero-order chi connectivity index (χ0) is 13.8. The molecule has 0 radical (unpaired) electrons. The highest BCUT2D eigenvalue weighted by atomic mass is 79.9. The van der Waals surface area contributed by atoms with Gasteiger partial charge in [0.05, 0.1) is 11.5 Å². The summed E-state index contributed by atoms with van der Waals surface area (Å²) in [6, 6.07) is 6.29. The van der Waals surface area contributed by atoms with Crippen molar-refractivity contribution < 1.29 is 13.5 Å². The highest BCUT2D eigenvalue weighted by molar-refractivity contribution is 9.10. The maximum absolute atomic E-state index is 12.2. The van der Waals surface area contributed by atoms with Crippen molar-refractivity contribution >= 4 is 37.7 Å². The zero-order valence-corrected chi connectivity index (χ0v) is 13.3. The van der Waals surface area contributed by atoms with Gasteiger partial charge in [-0.2, -0.15) is 11.8 Å². The molecule has 2 unspecified atom stereocenters. The number of sulfonamides is 1. The highest BCUT2D eigenvalue weighted by Gasteiger charge is 2.24. The van der Waals surface area contributed by atoms with Gasteiger partial charge in [0, 0.05) is 15.8 Å². The van der Waals surface area contributed by atoms with Crippen LogP contribution in [0.3, 0.4) is 0 Å². The summed E-state index contributed by atoms with van der Waals surface area (Å²) >= 11 is 4.65. The Morgan fingerprint density at radius 1 is 1.44 bits per heavy atom. The van der Waals surface area contributed by atoms with Crippen molar-refractivity contribution in [2.75, 3.05) is 12.9 Å². The number of nitrogens with one attached hydrogen (secondary N) is 1. The number of rotatable bonds is 6. The summed E-state index contributed by atoms with van der Waals surface area (Å²) in [6.45, 7) is 1.67. The second kappa shape index (κ2) is 6.91. The Labute approximate surface area is 120 Å². The fourth-order valence-corrected chi connectivity index (χ4v) is 4.48. The average Bonchev–Trinajstić information content (AvgIpc) is 2.30. The Bertz CT molecular complexity index is 489. The van der Waals surface area contributed by atoms with Gasteiger partial charge in [0.2, 0.25) is 10.0 Å². The number of halogens is 1. The lowest BCUT2D eigenvalue weighted by atomic mass is 10.3. The molecule has 0 heterocycles. The maximum atomic E-state index is 12.2. The first-order valence-corrected chi connectivity index (χ1v) is 8.89. The van der Waals surface area contributed by atoms with Crippen molar-refractivity contribution in [1.82, 2.24) is 4.72 Å². The molecule has 0 saturated heterocycles. The molecule has 0 aliphatic rings. The number of hydrogen-bond acceptors (Lipinski definition) is 4. The molecular formula is C11H16BrNO3S2. The van der Waals surface area contributed by atoms with Gasteiger partial charge in [-0.05, 0) is 41.2 Å². The predicted molar refractivity (Wildman–Crippen MR) is 78.3 cm³/mol. The standard InChI is InChI=1S/C11H16BrNO3S2/c1-8(10(7-14)17-2)13-18(15,16)11-6-4-3-5-9(11)12/h3-6,8,10,13-14H,7H2,1-2H3. The molecule has 2 atom stereocenters. The van der Waals surface area contributed by atoms with E-state index in [-0.39, 0.29) is 22.8 Å². The topological polar surface area (TPSA) is 66.4 Å². The van der Waals surface area contributed by atoms with Gasteiger partial charge in [0.25, 0.3) is 0 Å². The second-order valence-electron chi connectivity index (χ2n) is 3.80. The lowest BCUT2D eigenvalue weighted by Crippen LogP contribution is -2.41.